The van der Waals surface area contributed by atoms with E-state index in [0.717, 1.165) is 69.6 Å². The van der Waals surface area contributed by atoms with Crippen LogP contribution >= 0.6 is 0 Å². The maximum atomic E-state index is 12.8. The fourth-order valence-corrected chi connectivity index (χ4v) is 7.99. The molecule has 0 heterocycles. The van der Waals surface area contributed by atoms with Gasteiger partial charge in [-0.05, 0) is 31.1 Å². The molecule has 1 atom stereocenters. The zero-order valence-corrected chi connectivity index (χ0v) is 40.4. The standard InChI is InChI=1S/C53H102O6/c1-6-7-8-9-10-11-18-22-28-33-38-43-51(54)57-46-50(47-58-52(55)44-39-34-29-25-24-27-32-37-42-49(4)5)59-53(56)45-40-35-30-23-20-17-15-13-12-14-16-19-21-26-31-36-41-48(2)3/h48-50H,6-47H2,1-5H3/t50-/m1/s1. The van der Waals surface area contributed by atoms with E-state index in [1.807, 2.05) is 0 Å². The van der Waals surface area contributed by atoms with Crippen LogP contribution in [0.4, 0.5) is 0 Å². The Hall–Kier alpha value is -1.59. The topological polar surface area (TPSA) is 78.9 Å². The Morgan fingerprint density at radius 1 is 0.322 bits per heavy atom. The van der Waals surface area contributed by atoms with E-state index in [2.05, 4.69) is 34.6 Å². The van der Waals surface area contributed by atoms with Crippen molar-refractivity contribution in [3.8, 4) is 0 Å². The van der Waals surface area contributed by atoms with Gasteiger partial charge in [0.1, 0.15) is 13.2 Å². The van der Waals surface area contributed by atoms with E-state index in [9.17, 15) is 14.4 Å². The lowest BCUT2D eigenvalue weighted by Crippen LogP contribution is -2.30. The van der Waals surface area contributed by atoms with Crippen molar-refractivity contribution in [3.05, 3.63) is 0 Å². The van der Waals surface area contributed by atoms with Crippen molar-refractivity contribution in [1.82, 2.24) is 0 Å². The summed E-state index contributed by atoms with van der Waals surface area (Å²) in [5, 5.41) is 0. The van der Waals surface area contributed by atoms with Gasteiger partial charge in [-0.15, -0.1) is 0 Å². The third-order valence-electron chi connectivity index (χ3n) is 12.0. The van der Waals surface area contributed by atoms with Gasteiger partial charge in [-0.2, -0.15) is 0 Å². The van der Waals surface area contributed by atoms with Gasteiger partial charge in [0, 0.05) is 19.3 Å². The maximum absolute atomic E-state index is 12.8. The zero-order valence-electron chi connectivity index (χ0n) is 40.4. The molecule has 0 fully saturated rings. The number of unbranched alkanes of at least 4 members (excludes halogenated alkanes) is 32. The lowest BCUT2D eigenvalue weighted by atomic mass is 10.0. The number of carbonyl (C=O) groups excluding carboxylic acids is 3. The first-order valence-electron chi connectivity index (χ1n) is 26.2. The summed E-state index contributed by atoms with van der Waals surface area (Å²) in [5.74, 6) is 0.799. The summed E-state index contributed by atoms with van der Waals surface area (Å²) in [5.41, 5.74) is 0. The van der Waals surface area contributed by atoms with Crippen LogP contribution in [0.15, 0.2) is 0 Å². The zero-order chi connectivity index (χ0) is 43.3. The molecule has 6 nitrogen and oxygen atoms in total. The number of ether oxygens (including phenoxy) is 3. The Morgan fingerprint density at radius 2 is 0.559 bits per heavy atom. The molecule has 0 radical (unpaired) electrons. The van der Waals surface area contributed by atoms with Crippen LogP contribution in [0, 0.1) is 11.8 Å². The molecule has 0 aliphatic heterocycles. The monoisotopic (exact) mass is 835 g/mol. The van der Waals surface area contributed by atoms with Gasteiger partial charge >= 0.3 is 17.9 Å². The molecular formula is C53H102O6. The third-order valence-corrected chi connectivity index (χ3v) is 12.0. The Morgan fingerprint density at radius 3 is 0.831 bits per heavy atom. The highest BCUT2D eigenvalue weighted by molar-refractivity contribution is 5.71. The molecule has 0 saturated heterocycles. The predicted octanol–water partition coefficient (Wildman–Crippen LogP) is 16.9. The number of hydrogen-bond acceptors (Lipinski definition) is 6. The van der Waals surface area contributed by atoms with Crippen molar-refractivity contribution in [3.63, 3.8) is 0 Å². The molecule has 59 heavy (non-hydrogen) atoms. The molecule has 0 bridgehead atoms. The van der Waals surface area contributed by atoms with Crippen molar-refractivity contribution in [2.24, 2.45) is 11.8 Å². The summed E-state index contributed by atoms with van der Waals surface area (Å²) in [4.78, 5) is 37.9. The van der Waals surface area contributed by atoms with E-state index < -0.39 is 6.10 Å². The lowest BCUT2D eigenvalue weighted by Gasteiger charge is -2.18. The summed E-state index contributed by atoms with van der Waals surface area (Å²) in [6.07, 6.45) is 46.7. The molecule has 0 N–H and O–H groups in total. The Balaban J connectivity index is 4.26. The van der Waals surface area contributed by atoms with Crippen LogP contribution in [0.1, 0.15) is 291 Å². The van der Waals surface area contributed by atoms with Gasteiger partial charge in [-0.3, -0.25) is 14.4 Å². The van der Waals surface area contributed by atoms with Crippen molar-refractivity contribution < 1.29 is 28.6 Å². The normalized spacial score (nSPS) is 12.1. The lowest BCUT2D eigenvalue weighted by molar-refractivity contribution is -0.167. The minimum absolute atomic E-state index is 0.0639. The van der Waals surface area contributed by atoms with Gasteiger partial charge in [0.05, 0.1) is 0 Å². The van der Waals surface area contributed by atoms with Crippen LogP contribution in [0.5, 0.6) is 0 Å². The van der Waals surface area contributed by atoms with Crippen molar-refractivity contribution in [2.45, 2.75) is 298 Å². The number of hydrogen-bond donors (Lipinski definition) is 0. The van der Waals surface area contributed by atoms with Crippen molar-refractivity contribution >= 4 is 17.9 Å². The average Bonchev–Trinajstić information content (AvgIpc) is 3.20. The first-order valence-corrected chi connectivity index (χ1v) is 26.2. The van der Waals surface area contributed by atoms with E-state index in [0.29, 0.717) is 19.3 Å². The molecule has 0 aromatic heterocycles. The largest absolute Gasteiger partial charge is 0.462 e. The van der Waals surface area contributed by atoms with Gasteiger partial charge < -0.3 is 14.2 Å². The van der Waals surface area contributed by atoms with Crippen LogP contribution in [0.25, 0.3) is 0 Å². The van der Waals surface area contributed by atoms with E-state index >= 15 is 0 Å². The highest BCUT2D eigenvalue weighted by atomic mass is 16.6. The summed E-state index contributed by atoms with van der Waals surface area (Å²) < 4.78 is 16.8. The van der Waals surface area contributed by atoms with Crippen LogP contribution in [0.3, 0.4) is 0 Å². The van der Waals surface area contributed by atoms with E-state index in [1.165, 1.54) is 180 Å². The average molecular weight is 835 g/mol. The van der Waals surface area contributed by atoms with Gasteiger partial charge in [-0.25, -0.2) is 0 Å². The van der Waals surface area contributed by atoms with Crippen LogP contribution in [0.2, 0.25) is 0 Å². The number of carbonyl (C=O) groups is 3. The molecule has 0 amide bonds. The second kappa shape index (κ2) is 45.9. The quantitative estimate of drug-likeness (QED) is 0.0345. The Bertz CT molecular complexity index is 900. The number of rotatable bonds is 47. The van der Waals surface area contributed by atoms with Crippen LogP contribution in [-0.4, -0.2) is 37.2 Å². The van der Waals surface area contributed by atoms with Crippen molar-refractivity contribution in [1.29, 1.82) is 0 Å². The Labute approximate surface area is 368 Å². The van der Waals surface area contributed by atoms with E-state index in [-0.39, 0.29) is 31.1 Å². The summed E-state index contributed by atoms with van der Waals surface area (Å²) in [7, 11) is 0. The first-order chi connectivity index (χ1) is 28.7. The first kappa shape index (κ1) is 57.4. The van der Waals surface area contributed by atoms with E-state index in [1.54, 1.807) is 0 Å². The molecule has 0 unspecified atom stereocenters. The van der Waals surface area contributed by atoms with Gasteiger partial charge in [0.15, 0.2) is 6.10 Å². The fraction of sp³-hybridized carbons (Fsp3) is 0.943. The molecule has 0 aromatic carbocycles. The molecule has 350 valence electrons. The molecule has 0 saturated carbocycles. The molecule has 0 spiro atoms. The van der Waals surface area contributed by atoms with E-state index in [4.69, 9.17) is 14.2 Å². The van der Waals surface area contributed by atoms with Gasteiger partial charge in [-0.1, -0.05) is 253 Å². The van der Waals surface area contributed by atoms with Crippen molar-refractivity contribution in [2.75, 3.05) is 13.2 Å². The van der Waals surface area contributed by atoms with Crippen LogP contribution in [-0.2, 0) is 28.6 Å². The number of esters is 3. The molecule has 0 aliphatic rings. The fourth-order valence-electron chi connectivity index (χ4n) is 7.99. The predicted molar refractivity (Wildman–Crippen MR) is 252 cm³/mol. The van der Waals surface area contributed by atoms with Gasteiger partial charge in [0.25, 0.3) is 0 Å². The second-order valence-corrected chi connectivity index (χ2v) is 19.1. The summed E-state index contributed by atoms with van der Waals surface area (Å²) in [6.45, 7) is 11.4. The second-order valence-electron chi connectivity index (χ2n) is 19.1. The third kappa shape index (κ3) is 47.3. The SMILES string of the molecule is CCCCCCCCCCCCCC(=O)OC[C@H](COC(=O)CCCCCCCCCCC(C)C)OC(=O)CCCCCCCCCCCCCCCCCCC(C)C. The highest BCUT2D eigenvalue weighted by Gasteiger charge is 2.19. The maximum Gasteiger partial charge on any atom is 0.306 e. The summed E-state index contributed by atoms with van der Waals surface area (Å²) >= 11 is 0. The minimum atomic E-state index is -0.761. The highest BCUT2D eigenvalue weighted by Crippen LogP contribution is 2.17. The molecular weight excluding hydrogens is 733 g/mol. The molecule has 6 heteroatoms. The Kier molecular flexibility index (Phi) is 44.7. The molecule has 0 rings (SSSR count). The van der Waals surface area contributed by atoms with Gasteiger partial charge in [0.2, 0.25) is 0 Å². The molecule has 0 aliphatic carbocycles. The summed E-state index contributed by atoms with van der Waals surface area (Å²) in [6, 6.07) is 0. The smallest absolute Gasteiger partial charge is 0.306 e. The minimum Gasteiger partial charge on any atom is -0.462 e. The van der Waals surface area contributed by atoms with Crippen LogP contribution < -0.4 is 0 Å². The molecule has 0 aromatic rings.